The highest BCUT2D eigenvalue weighted by atomic mass is 19.4. The fraction of sp³-hybridized carbons (Fsp3) is 0.308. The fourth-order valence-corrected chi connectivity index (χ4v) is 1.83. The predicted molar refractivity (Wildman–Crippen MR) is 70.0 cm³/mol. The number of rotatable bonds is 3. The van der Waals surface area contributed by atoms with Crippen molar-refractivity contribution in [1.29, 1.82) is 0 Å². The summed E-state index contributed by atoms with van der Waals surface area (Å²) in [6.45, 7) is 1.61. The molecule has 1 amide bonds. The maximum atomic E-state index is 12.3. The van der Waals surface area contributed by atoms with E-state index in [0.717, 1.165) is 10.6 Å². The summed E-state index contributed by atoms with van der Waals surface area (Å²) in [5.74, 6) is -0.646. The van der Waals surface area contributed by atoms with Crippen LogP contribution in [0.5, 0.6) is 0 Å². The summed E-state index contributed by atoms with van der Waals surface area (Å²) in [4.78, 5) is 19.8. The summed E-state index contributed by atoms with van der Waals surface area (Å²) in [5, 5.41) is 0.899. The quantitative estimate of drug-likeness (QED) is 0.873. The molecule has 0 unspecified atom stereocenters. The largest absolute Gasteiger partial charge is 0.397 e. The van der Waals surface area contributed by atoms with Gasteiger partial charge < -0.3 is 0 Å². The molecule has 0 saturated heterocycles. The molecule has 0 atom stereocenters. The molecule has 21 heavy (non-hydrogen) atoms. The molecule has 0 radical (unpaired) electrons. The first kappa shape index (κ1) is 15.0. The summed E-state index contributed by atoms with van der Waals surface area (Å²) >= 11 is 0. The van der Waals surface area contributed by atoms with Crippen molar-refractivity contribution in [1.82, 2.24) is 14.6 Å². The average Bonchev–Trinajstić information content (AvgIpc) is 2.79. The van der Waals surface area contributed by atoms with Crippen LogP contribution in [0.15, 0.2) is 30.7 Å². The number of hydrogen-bond donors (Lipinski definition) is 0. The Morgan fingerprint density at radius 2 is 2.14 bits per heavy atom. The Morgan fingerprint density at radius 3 is 2.71 bits per heavy atom. The van der Waals surface area contributed by atoms with Crippen molar-refractivity contribution in [2.75, 3.05) is 12.1 Å². The van der Waals surface area contributed by atoms with Crippen molar-refractivity contribution in [3.8, 4) is 11.3 Å². The van der Waals surface area contributed by atoms with Crippen molar-refractivity contribution >= 4 is 5.91 Å². The first-order valence-electron chi connectivity index (χ1n) is 6.08. The molecule has 0 aromatic carbocycles. The number of alkyl halides is 3. The monoisotopic (exact) mass is 298 g/mol. The van der Waals surface area contributed by atoms with Gasteiger partial charge in [0.1, 0.15) is 12.2 Å². The van der Waals surface area contributed by atoms with E-state index >= 15 is 0 Å². The van der Waals surface area contributed by atoms with E-state index < -0.39 is 18.5 Å². The first-order chi connectivity index (χ1) is 9.78. The van der Waals surface area contributed by atoms with Gasteiger partial charge in [0, 0.05) is 25.0 Å². The Morgan fingerprint density at radius 1 is 1.43 bits per heavy atom. The van der Waals surface area contributed by atoms with Crippen LogP contribution in [0, 0.1) is 6.92 Å². The summed E-state index contributed by atoms with van der Waals surface area (Å²) in [7, 11) is 1.27. The zero-order valence-electron chi connectivity index (χ0n) is 11.4. The van der Waals surface area contributed by atoms with Gasteiger partial charge in [0.2, 0.25) is 5.91 Å². The standard InChI is InChI=1S/C13H13F3N4O/c1-9-18-11(10-4-3-5-17-7-10)8-20(9)19(2)12(21)6-13(14,15)16/h3-5,7-8H,6H2,1-2H3. The van der Waals surface area contributed by atoms with E-state index in [1.807, 2.05) is 0 Å². The molecule has 0 aliphatic rings. The topological polar surface area (TPSA) is 51.0 Å². The van der Waals surface area contributed by atoms with Crippen LogP contribution in [0.2, 0.25) is 0 Å². The number of amides is 1. The van der Waals surface area contributed by atoms with Gasteiger partial charge in [-0.25, -0.2) is 9.66 Å². The predicted octanol–water partition coefficient (Wildman–Crippen LogP) is 2.30. The molecule has 0 bridgehead atoms. The highest BCUT2D eigenvalue weighted by molar-refractivity contribution is 5.86. The lowest BCUT2D eigenvalue weighted by atomic mass is 10.2. The van der Waals surface area contributed by atoms with E-state index in [0.29, 0.717) is 11.5 Å². The third-order valence-corrected chi connectivity index (χ3v) is 2.85. The number of halogens is 3. The van der Waals surface area contributed by atoms with Crippen LogP contribution in [-0.2, 0) is 4.79 Å². The van der Waals surface area contributed by atoms with E-state index in [1.54, 1.807) is 31.5 Å². The zero-order chi connectivity index (χ0) is 15.6. The van der Waals surface area contributed by atoms with Crippen LogP contribution in [0.4, 0.5) is 13.2 Å². The third-order valence-electron chi connectivity index (χ3n) is 2.85. The van der Waals surface area contributed by atoms with Crippen LogP contribution in [0.3, 0.4) is 0 Å². The van der Waals surface area contributed by atoms with Gasteiger partial charge in [0.25, 0.3) is 0 Å². The van der Waals surface area contributed by atoms with Gasteiger partial charge in [-0.1, -0.05) is 0 Å². The molecule has 0 spiro atoms. The Labute approximate surface area is 119 Å². The summed E-state index contributed by atoms with van der Waals surface area (Å²) in [6, 6.07) is 3.50. The maximum absolute atomic E-state index is 12.3. The van der Waals surface area contributed by atoms with Crippen molar-refractivity contribution in [2.24, 2.45) is 0 Å². The summed E-state index contributed by atoms with van der Waals surface area (Å²) < 4.78 is 38.1. The second-order valence-electron chi connectivity index (χ2n) is 4.47. The van der Waals surface area contributed by atoms with E-state index in [4.69, 9.17) is 0 Å². The van der Waals surface area contributed by atoms with Crippen LogP contribution in [0.25, 0.3) is 11.3 Å². The van der Waals surface area contributed by atoms with Crippen molar-refractivity contribution in [2.45, 2.75) is 19.5 Å². The number of pyridine rings is 1. The van der Waals surface area contributed by atoms with Gasteiger partial charge in [-0.05, 0) is 19.1 Å². The number of aryl methyl sites for hydroxylation is 1. The van der Waals surface area contributed by atoms with E-state index in [-0.39, 0.29) is 0 Å². The molecule has 2 heterocycles. The van der Waals surface area contributed by atoms with Gasteiger partial charge in [0.05, 0.1) is 11.9 Å². The fourth-order valence-electron chi connectivity index (χ4n) is 1.83. The van der Waals surface area contributed by atoms with Gasteiger partial charge >= 0.3 is 6.18 Å². The normalized spacial score (nSPS) is 11.5. The Kier molecular flexibility index (Phi) is 3.97. The number of nitrogens with zero attached hydrogens (tertiary/aromatic N) is 4. The highest BCUT2D eigenvalue weighted by Gasteiger charge is 2.33. The Hall–Kier alpha value is -2.38. The SMILES string of the molecule is Cc1nc(-c2cccnc2)cn1N(C)C(=O)CC(F)(F)F. The third kappa shape index (κ3) is 3.59. The first-order valence-corrected chi connectivity index (χ1v) is 6.08. The average molecular weight is 298 g/mol. The lowest BCUT2D eigenvalue weighted by molar-refractivity contribution is -0.152. The van der Waals surface area contributed by atoms with Gasteiger partial charge in [0.15, 0.2) is 0 Å². The molecular formula is C13H13F3N4O. The molecule has 0 aliphatic carbocycles. The number of carbonyl (C=O) groups is 1. The number of imidazole rings is 1. The Bertz CT molecular complexity index is 637. The lowest BCUT2D eigenvalue weighted by Gasteiger charge is -2.20. The summed E-state index contributed by atoms with van der Waals surface area (Å²) in [6.07, 6.45) is -1.36. The van der Waals surface area contributed by atoms with Crippen molar-refractivity contribution < 1.29 is 18.0 Å². The van der Waals surface area contributed by atoms with Crippen LogP contribution in [0.1, 0.15) is 12.2 Å². The van der Waals surface area contributed by atoms with Gasteiger partial charge in [-0.3, -0.25) is 14.8 Å². The maximum Gasteiger partial charge on any atom is 0.397 e. The van der Waals surface area contributed by atoms with Gasteiger partial charge in [-0.2, -0.15) is 13.2 Å². The molecule has 2 rings (SSSR count). The minimum atomic E-state index is -4.54. The molecule has 2 aromatic rings. The van der Waals surface area contributed by atoms with E-state index in [1.165, 1.54) is 17.9 Å². The number of hydrogen-bond acceptors (Lipinski definition) is 3. The second kappa shape index (κ2) is 5.55. The van der Waals surface area contributed by atoms with Crippen LogP contribution >= 0.6 is 0 Å². The summed E-state index contributed by atoms with van der Waals surface area (Å²) in [5.41, 5.74) is 1.25. The van der Waals surface area contributed by atoms with Crippen molar-refractivity contribution in [3.63, 3.8) is 0 Å². The molecule has 5 nitrogen and oxygen atoms in total. The van der Waals surface area contributed by atoms with Crippen LogP contribution < -0.4 is 5.01 Å². The minimum Gasteiger partial charge on any atom is -0.273 e. The lowest BCUT2D eigenvalue weighted by Crippen LogP contribution is -2.39. The van der Waals surface area contributed by atoms with Gasteiger partial charge in [-0.15, -0.1) is 0 Å². The molecule has 0 aliphatic heterocycles. The Balaban J connectivity index is 2.25. The van der Waals surface area contributed by atoms with E-state index in [2.05, 4.69) is 9.97 Å². The second-order valence-corrected chi connectivity index (χ2v) is 4.47. The number of aromatic nitrogens is 3. The molecule has 8 heteroatoms. The molecule has 112 valence electrons. The highest BCUT2D eigenvalue weighted by Crippen LogP contribution is 2.21. The smallest absolute Gasteiger partial charge is 0.273 e. The zero-order valence-corrected chi connectivity index (χ0v) is 11.4. The molecule has 0 fully saturated rings. The number of carbonyl (C=O) groups excluding carboxylic acids is 1. The van der Waals surface area contributed by atoms with E-state index in [9.17, 15) is 18.0 Å². The minimum absolute atomic E-state index is 0.409. The van der Waals surface area contributed by atoms with Crippen LogP contribution in [-0.4, -0.2) is 33.8 Å². The molecule has 0 N–H and O–H groups in total. The molecule has 2 aromatic heterocycles. The molecular weight excluding hydrogens is 285 g/mol. The van der Waals surface area contributed by atoms with Crippen molar-refractivity contribution in [3.05, 3.63) is 36.5 Å². The molecule has 0 saturated carbocycles.